The van der Waals surface area contributed by atoms with Gasteiger partial charge in [-0.05, 0) is 31.9 Å². The number of hydrogen-bond acceptors (Lipinski definition) is 6. The molecule has 0 aromatic carbocycles. The van der Waals surface area contributed by atoms with Gasteiger partial charge in [0.15, 0.2) is 0 Å². The minimum atomic E-state index is 0.0539. The Morgan fingerprint density at radius 2 is 2.12 bits per heavy atom. The normalized spacial score (nSPS) is 20.5. The first-order valence-corrected chi connectivity index (χ1v) is 9.37. The Hall–Kier alpha value is -1.80. The number of halogens is 1. The SMILES string of the molecule is COC1CCN(c2c(C(C)N3C=CCN3N)cc(Cl)c3cncn23)CC1. The minimum Gasteiger partial charge on any atom is -0.381 e. The average molecular weight is 377 g/mol. The number of anilines is 1. The molecule has 1 unspecified atom stereocenters. The summed E-state index contributed by atoms with van der Waals surface area (Å²) < 4.78 is 7.63. The van der Waals surface area contributed by atoms with Gasteiger partial charge in [0, 0.05) is 32.0 Å². The second kappa shape index (κ2) is 7.08. The summed E-state index contributed by atoms with van der Waals surface area (Å²) in [6.07, 6.45) is 10.1. The third-order valence-electron chi connectivity index (χ3n) is 5.42. The first-order chi connectivity index (χ1) is 12.6. The molecule has 7 nitrogen and oxygen atoms in total. The minimum absolute atomic E-state index is 0.0539. The number of nitrogens with zero attached hydrogens (tertiary/aromatic N) is 5. The van der Waals surface area contributed by atoms with Gasteiger partial charge in [-0.15, -0.1) is 0 Å². The summed E-state index contributed by atoms with van der Waals surface area (Å²) in [7, 11) is 1.79. The van der Waals surface area contributed by atoms with Gasteiger partial charge in [0.1, 0.15) is 12.1 Å². The molecule has 0 saturated carbocycles. The number of nitrogens with two attached hydrogens (primary N) is 1. The highest BCUT2D eigenvalue weighted by molar-refractivity contribution is 6.34. The molecule has 0 aliphatic carbocycles. The second-order valence-electron chi connectivity index (χ2n) is 6.91. The van der Waals surface area contributed by atoms with Crippen LogP contribution in [0.3, 0.4) is 0 Å². The summed E-state index contributed by atoms with van der Waals surface area (Å²) in [4.78, 5) is 6.74. The van der Waals surface area contributed by atoms with Crippen LogP contribution in [0.25, 0.3) is 5.52 Å². The lowest BCUT2D eigenvalue weighted by molar-refractivity contribution is 0.0157. The maximum atomic E-state index is 6.57. The van der Waals surface area contributed by atoms with Gasteiger partial charge in [0.25, 0.3) is 0 Å². The van der Waals surface area contributed by atoms with Crippen molar-refractivity contribution in [1.82, 2.24) is 19.5 Å². The fourth-order valence-electron chi connectivity index (χ4n) is 3.94. The largest absolute Gasteiger partial charge is 0.381 e. The van der Waals surface area contributed by atoms with E-state index in [0.29, 0.717) is 17.7 Å². The Morgan fingerprint density at radius 1 is 1.35 bits per heavy atom. The van der Waals surface area contributed by atoms with Crippen molar-refractivity contribution in [3.63, 3.8) is 0 Å². The number of piperidine rings is 1. The van der Waals surface area contributed by atoms with Crippen molar-refractivity contribution >= 4 is 22.9 Å². The van der Waals surface area contributed by atoms with E-state index in [9.17, 15) is 0 Å². The van der Waals surface area contributed by atoms with Crippen LogP contribution in [0.1, 0.15) is 31.4 Å². The van der Waals surface area contributed by atoms with Crippen molar-refractivity contribution in [2.45, 2.75) is 31.9 Å². The van der Waals surface area contributed by atoms with Crippen LogP contribution in [-0.4, -0.2) is 52.4 Å². The van der Waals surface area contributed by atoms with Gasteiger partial charge < -0.3 is 9.64 Å². The van der Waals surface area contributed by atoms with E-state index in [-0.39, 0.29) is 6.04 Å². The zero-order chi connectivity index (χ0) is 18.3. The van der Waals surface area contributed by atoms with Gasteiger partial charge in [-0.25, -0.2) is 4.98 Å². The maximum Gasteiger partial charge on any atom is 0.119 e. The molecule has 1 fully saturated rings. The van der Waals surface area contributed by atoms with E-state index in [1.54, 1.807) is 12.2 Å². The monoisotopic (exact) mass is 376 g/mol. The third-order valence-corrected chi connectivity index (χ3v) is 5.72. The number of pyridine rings is 1. The summed E-state index contributed by atoms with van der Waals surface area (Å²) in [6.45, 7) is 4.74. The van der Waals surface area contributed by atoms with Crippen LogP contribution >= 0.6 is 11.6 Å². The predicted octanol–water partition coefficient (Wildman–Crippen LogP) is 2.58. The zero-order valence-electron chi connectivity index (χ0n) is 15.2. The molecule has 0 amide bonds. The highest BCUT2D eigenvalue weighted by Crippen LogP contribution is 2.37. The average Bonchev–Trinajstić information content (AvgIpc) is 3.30. The molecule has 4 rings (SSSR count). The van der Waals surface area contributed by atoms with Crippen LogP contribution in [0.4, 0.5) is 5.82 Å². The second-order valence-corrected chi connectivity index (χ2v) is 7.31. The maximum absolute atomic E-state index is 6.57. The van der Waals surface area contributed by atoms with Crippen LogP contribution in [-0.2, 0) is 4.74 Å². The quantitative estimate of drug-likeness (QED) is 0.827. The highest BCUT2D eigenvalue weighted by Gasteiger charge is 2.29. The van der Waals surface area contributed by atoms with E-state index in [2.05, 4.69) is 33.4 Å². The van der Waals surface area contributed by atoms with E-state index in [1.165, 1.54) is 0 Å². The fourth-order valence-corrected chi connectivity index (χ4v) is 4.19. The lowest BCUT2D eigenvalue weighted by atomic mass is 10.0. The molecule has 0 bridgehead atoms. The first kappa shape index (κ1) is 17.6. The Bertz CT molecular complexity index is 813. The van der Waals surface area contributed by atoms with Crippen LogP contribution < -0.4 is 10.7 Å². The molecule has 2 aromatic rings. The van der Waals surface area contributed by atoms with Gasteiger partial charge in [0.2, 0.25) is 0 Å². The molecule has 26 heavy (non-hydrogen) atoms. The number of ether oxygens (including phenoxy) is 1. The first-order valence-electron chi connectivity index (χ1n) is 8.99. The van der Waals surface area contributed by atoms with Crippen molar-refractivity contribution in [2.75, 3.05) is 31.6 Å². The van der Waals surface area contributed by atoms with Crippen molar-refractivity contribution < 1.29 is 4.74 Å². The van der Waals surface area contributed by atoms with Gasteiger partial charge in [-0.1, -0.05) is 11.6 Å². The van der Waals surface area contributed by atoms with Gasteiger partial charge in [0.05, 0.1) is 35.4 Å². The summed E-state index contributed by atoms with van der Waals surface area (Å²) in [6, 6.07) is 2.11. The summed E-state index contributed by atoms with van der Waals surface area (Å²) >= 11 is 6.57. The molecule has 4 heterocycles. The lowest BCUT2D eigenvalue weighted by Crippen LogP contribution is -2.43. The number of hydrazine groups is 2. The van der Waals surface area contributed by atoms with Gasteiger partial charge >= 0.3 is 0 Å². The van der Waals surface area contributed by atoms with Crippen molar-refractivity contribution in [3.8, 4) is 0 Å². The molecule has 2 aromatic heterocycles. The van der Waals surface area contributed by atoms with E-state index >= 15 is 0 Å². The highest BCUT2D eigenvalue weighted by atomic mass is 35.5. The van der Waals surface area contributed by atoms with E-state index < -0.39 is 0 Å². The molecule has 140 valence electrons. The fraction of sp³-hybridized carbons (Fsp3) is 0.500. The summed E-state index contributed by atoms with van der Waals surface area (Å²) in [5.41, 5.74) is 2.06. The third kappa shape index (κ3) is 2.95. The molecule has 2 aliphatic rings. The van der Waals surface area contributed by atoms with Crippen LogP contribution in [0, 0.1) is 0 Å². The summed E-state index contributed by atoms with van der Waals surface area (Å²) in [5, 5.41) is 4.46. The van der Waals surface area contributed by atoms with Crippen LogP contribution in [0.2, 0.25) is 5.02 Å². The van der Waals surface area contributed by atoms with Crippen LogP contribution in [0.5, 0.6) is 0 Å². The number of hydrogen-bond donors (Lipinski definition) is 1. The zero-order valence-corrected chi connectivity index (χ0v) is 15.9. The molecule has 0 radical (unpaired) electrons. The van der Waals surface area contributed by atoms with Crippen molar-refractivity contribution in [2.24, 2.45) is 5.84 Å². The Kier molecular flexibility index (Phi) is 4.79. The van der Waals surface area contributed by atoms with Crippen molar-refractivity contribution in [1.29, 1.82) is 0 Å². The number of fused-ring (bicyclic) bond motifs is 1. The smallest absolute Gasteiger partial charge is 0.119 e. The molecule has 1 saturated heterocycles. The standard InChI is InChI=1S/C18H25ClN6O/c1-13(24-6-3-7-25(24)20)15-10-16(19)17-11-21-12-23(17)18(15)22-8-4-14(26-2)5-9-22/h3,6,10-14H,4-5,7-9,20H2,1-2H3. The number of aromatic nitrogens is 2. The lowest BCUT2D eigenvalue weighted by Gasteiger charge is -2.38. The Balaban J connectivity index is 1.77. The Labute approximate surface area is 158 Å². The predicted molar refractivity (Wildman–Crippen MR) is 103 cm³/mol. The molecule has 1 atom stereocenters. The van der Waals surface area contributed by atoms with Gasteiger partial charge in [-0.2, -0.15) is 5.12 Å². The topological polar surface area (TPSA) is 62.3 Å². The Morgan fingerprint density at radius 3 is 2.77 bits per heavy atom. The number of rotatable bonds is 4. The molecular formula is C18H25ClN6O. The number of methoxy groups -OCH3 is 1. The molecule has 2 N–H and O–H groups in total. The van der Waals surface area contributed by atoms with E-state index in [0.717, 1.165) is 42.8 Å². The molecular weight excluding hydrogens is 352 g/mol. The van der Waals surface area contributed by atoms with Crippen molar-refractivity contribution in [3.05, 3.63) is 41.5 Å². The van der Waals surface area contributed by atoms with Gasteiger partial charge in [-0.3, -0.25) is 15.3 Å². The molecule has 8 heteroatoms. The number of imidazole rings is 1. The molecule has 0 spiro atoms. The van der Waals surface area contributed by atoms with E-state index in [1.807, 2.05) is 23.7 Å². The molecule has 2 aliphatic heterocycles. The van der Waals surface area contributed by atoms with E-state index in [4.69, 9.17) is 22.2 Å². The van der Waals surface area contributed by atoms with Crippen LogP contribution in [0.15, 0.2) is 30.9 Å². The summed E-state index contributed by atoms with van der Waals surface area (Å²) in [5.74, 6) is 7.26.